The zero-order valence-corrected chi connectivity index (χ0v) is 6.37. The Morgan fingerprint density at radius 1 is 1.70 bits per heavy atom. The molecule has 0 aliphatic carbocycles. The van der Waals surface area contributed by atoms with Crippen molar-refractivity contribution in [1.29, 1.82) is 0 Å². The average Bonchev–Trinajstić information content (AvgIpc) is 2.19. The Morgan fingerprint density at radius 2 is 2.60 bits per heavy atom. The van der Waals surface area contributed by atoms with Crippen LogP contribution in [0.3, 0.4) is 0 Å². The zero-order valence-electron chi connectivity index (χ0n) is 13.8. The molecule has 0 aromatic heterocycles. The number of halogens is 1. The van der Waals surface area contributed by atoms with Gasteiger partial charge in [-0.15, -0.1) is 0 Å². The van der Waals surface area contributed by atoms with Crippen LogP contribution in [0.1, 0.15) is 17.9 Å². The molecule has 0 atom stereocenters. The Balaban J connectivity index is 3.68. The lowest BCUT2D eigenvalue weighted by Gasteiger charge is -2.02. The van der Waals surface area contributed by atoms with Crippen molar-refractivity contribution < 1.29 is 17.1 Å². The van der Waals surface area contributed by atoms with Crippen molar-refractivity contribution >= 4 is 15.9 Å². The van der Waals surface area contributed by atoms with Gasteiger partial charge in [0.1, 0.15) is 5.75 Å². The van der Waals surface area contributed by atoms with E-state index in [1.165, 1.54) is 0 Å². The maximum Gasteiger partial charge on any atom is 0.122 e. The molecular weight excluding hydrogens is 192 g/mol. The molecule has 1 aromatic carbocycles. The van der Waals surface area contributed by atoms with Crippen LogP contribution in [0, 0.1) is 6.85 Å². The SMILES string of the molecule is [2H]c1c([2H])c(C([2H])([2H])[2H])c(OC([2H])([2H])[2H])c([2H])c1Br. The Labute approximate surface area is 81.8 Å². The van der Waals surface area contributed by atoms with Gasteiger partial charge >= 0.3 is 0 Å². The van der Waals surface area contributed by atoms with Crippen molar-refractivity contribution in [1.82, 2.24) is 0 Å². The van der Waals surface area contributed by atoms with Crippen molar-refractivity contribution in [3.63, 3.8) is 0 Å². The summed E-state index contributed by atoms with van der Waals surface area (Å²) < 4.78 is 70.0. The topological polar surface area (TPSA) is 9.23 Å². The van der Waals surface area contributed by atoms with E-state index in [1.54, 1.807) is 0 Å². The number of hydrogen-bond donors (Lipinski definition) is 0. The molecule has 0 N–H and O–H groups in total. The van der Waals surface area contributed by atoms with Gasteiger partial charge in [0.25, 0.3) is 0 Å². The number of hydrogen-bond acceptors (Lipinski definition) is 1. The summed E-state index contributed by atoms with van der Waals surface area (Å²) >= 11 is 2.85. The molecule has 2 heteroatoms. The molecule has 0 saturated carbocycles. The summed E-state index contributed by atoms with van der Waals surface area (Å²) in [4.78, 5) is 0. The van der Waals surface area contributed by atoms with E-state index >= 15 is 0 Å². The Morgan fingerprint density at radius 3 is 3.30 bits per heavy atom. The van der Waals surface area contributed by atoms with Crippen LogP contribution in [-0.2, 0) is 0 Å². The second-order valence-corrected chi connectivity index (χ2v) is 2.29. The summed E-state index contributed by atoms with van der Waals surface area (Å²) in [6.45, 7) is -2.86. The molecule has 0 radical (unpaired) electrons. The van der Waals surface area contributed by atoms with Crippen LogP contribution < -0.4 is 4.74 Å². The fourth-order valence-corrected chi connectivity index (χ4v) is 0.723. The Hall–Kier alpha value is -0.500. The van der Waals surface area contributed by atoms with Crippen molar-refractivity contribution in [2.45, 2.75) is 6.85 Å². The quantitative estimate of drug-likeness (QED) is 0.692. The third-order valence-corrected chi connectivity index (χ3v) is 1.25. The molecule has 10 heavy (non-hydrogen) atoms. The number of methoxy groups -OCH3 is 1. The van der Waals surface area contributed by atoms with E-state index in [9.17, 15) is 0 Å². The minimum Gasteiger partial charge on any atom is -0.496 e. The molecule has 1 rings (SSSR count). The van der Waals surface area contributed by atoms with Gasteiger partial charge in [-0.2, -0.15) is 0 Å². The fourth-order valence-electron chi connectivity index (χ4n) is 0.444. The van der Waals surface area contributed by atoms with E-state index in [2.05, 4.69) is 20.7 Å². The number of rotatable bonds is 1. The maximum atomic E-state index is 7.66. The smallest absolute Gasteiger partial charge is 0.122 e. The molecule has 0 aliphatic rings. The highest BCUT2D eigenvalue weighted by molar-refractivity contribution is 9.10. The summed E-state index contributed by atoms with van der Waals surface area (Å²) in [6, 6.07) is -1.78. The lowest BCUT2D eigenvalue weighted by molar-refractivity contribution is 0.411. The van der Waals surface area contributed by atoms with Crippen LogP contribution in [0.4, 0.5) is 0 Å². The predicted molar refractivity (Wildman–Crippen MR) is 45.4 cm³/mol. The highest BCUT2D eigenvalue weighted by Gasteiger charge is 1.95. The zero-order chi connectivity index (χ0) is 15.2. The molecule has 1 nitrogen and oxygen atoms in total. The molecule has 0 aliphatic heterocycles. The Kier molecular flexibility index (Phi) is 0.614. The van der Waals surface area contributed by atoms with Crippen LogP contribution in [0.15, 0.2) is 22.6 Å². The molecular formula is C8H9BrO. The van der Waals surface area contributed by atoms with Gasteiger partial charge in [0, 0.05) is 8.58 Å². The van der Waals surface area contributed by atoms with Crippen LogP contribution in [0.25, 0.3) is 0 Å². The van der Waals surface area contributed by atoms with E-state index in [-0.39, 0.29) is 4.47 Å². The van der Waals surface area contributed by atoms with Crippen molar-refractivity contribution in [3.8, 4) is 5.75 Å². The summed E-state index contributed by atoms with van der Waals surface area (Å²) in [5.41, 5.74) is -0.748. The molecule has 0 saturated heterocycles. The molecule has 0 heterocycles. The van der Waals surface area contributed by atoms with Crippen LogP contribution in [0.2, 0.25) is 0 Å². The number of benzene rings is 1. The second kappa shape index (κ2) is 3.06. The third-order valence-electron chi connectivity index (χ3n) is 0.850. The lowest BCUT2D eigenvalue weighted by atomic mass is 10.2. The molecule has 0 amide bonds. The van der Waals surface area contributed by atoms with Gasteiger partial charge in [0.2, 0.25) is 0 Å². The first kappa shape index (κ1) is 2.01. The van der Waals surface area contributed by atoms with Gasteiger partial charge < -0.3 is 4.74 Å². The van der Waals surface area contributed by atoms with Crippen LogP contribution >= 0.6 is 15.9 Å². The first-order valence-electron chi connectivity index (χ1n) is 6.85. The van der Waals surface area contributed by atoms with Crippen molar-refractivity contribution in [3.05, 3.63) is 28.2 Å². The van der Waals surface area contributed by atoms with Gasteiger partial charge in [0.05, 0.1) is 15.3 Å². The second-order valence-electron chi connectivity index (χ2n) is 1.50. The first-order chi connectivity index (χ1) is 8.36. The highest BCUT2D eigenvalue weighted by atomic mass is 79.9. The lowest BCUT2D eigenvalue weighted by Crippen LogP contribution is -1.85. The maximum absolute atomic E-state index is 7.66. The van der Waals surface area contributed by atoms with E-state index in [0.717, 1.165) is 0 Å². The third kappa shape index (κ3) is 1.51. The molecule has 0 fully saturated rings. The summed E-state index contributed by atoms with van der Waals surface area (Å²) in [5, 5.41) is 0. The summed E-state index contributed by atoms with van der Waals surface area (Å²) in [7, 11) is -2.95. The van der Waals surface area contributed by atoms with E-state index < -0.39 is 43.3 Å². The minimum atomic E-state index is -2.95. The van der Waals surface area contributed by atoms with Crippen molar-refractivity contribution in [2.24, 2.45) is 0 Å². The molecule has 0 spiro atoms. The average molecular weight is 210 g/mol. The first-order valence-corrected chi connectivity index (χ1v) is 3.14. The van der Waals surface area contributed by atoms with E-state index in [0.29, 0.717) is 0 Å². The summed E-state index contributed by atoms with van der Waals surface area (Å²) in [6.07, 6.45) is 0. The van der Waals surface area contributed by atoms with Gasteiger partial charge in [-0.3, -0.25) is 0 Å². The monoisotopic (exact) mass is 209 g/mol. The summed E-state index contributed by atoms with van der Waals surface area (Å²) in [5.74, 6) is -0.729. The minimum absolute atomic E-state index is 0.190. The molecule has 1 aromatic rings. The molecule has 0 bridgehead atoms. The highest BCUT2D eigenvalue weighted by Crippen LogP contribution is 2.21. The van der Waals surface area contributed by atoms with Gasteiger partial charge in [-0.05, 0) is 24.5 Å². The van der Waals surface area contributed by atoms with Crippen molar-refractivity contribution in [2.75, 3.05) is 7.04 Å². The largest absolute Gasteiger partial charge is 0.496 e. The van der Waals surface area contributed by atoms with E-state index in [4.69, 9.17) is 12.3 Å². The van der Waals surface area contributed by atoms with Gasteiger partial charge in [-0.25, -0.2) is 0 Å². The Bertz CT molecular complexity index is 505. The van der Waals surface area contributed by atoms with Crippen LogP contribution in [0.5, 0.6) is 5.75 Å². The van der Waals surface area contributed by atoms with Gasteiger partial charge in [-0.1, -0.05) is 22.0 Å². The number of ether oxygens (including phenoxy) is 1. The molecule has 54 valence electrons. The standard InChI is InChI=1S/C8H9BrO/c1-6-3-4-7(9)5-8(6)10-2/h3-5H,1-2H3/i1D3,2D3,3D,4D,5D. The van der Waals surface area contributed by atoms with E-state index in [1.807, 2.05) is 0 Å². The normalized spacial score (nSPS) is 25.1. The van der Waals surface area contributed by atoms with Gasteiger partial charge in [0.15, 0.2) is 0 Å². The van der Waals surface area contributed by atoms with Crippen LogP contribution in [-0.4, -0.2) is 7.04 Å². The molecule has 0 unspecified atom stereocenters. The fraction of sp³-hybridized carbons (Fsp3) is 0.250. The predicted octanol–water partition coefficient (Wildman–Crippen LogP) is 2.77.